The van der Waals surface area contributed by atoms with Gasteiger partial charge in [0.2, 0.25) is 5.91 Å². The van der Waals surface area contributed by atoms with Crippen molar-refractivity contribution in [3.63, 3.8) is 0 Å². The van der Waals surface area contributed by atoms with Gasteiger partial charge in [0.1, 0.15) is 0 Å². The van der Waals surface area contributed by atoms with Crippen LogP contribution in [0.1, 0.15) is 51.1 Å². The van der Waals surface area contributed by atoms with Crippen LogP contribution in [0.15, 0.2) is 53.0 Å². The van der Waals surface area contributed by atoms with E-state index >= 15 is 0 Å². The Balaban J connectivity index is 1.87. The van der Waals surface area contributed by atoms with E-state index in [2.05, 4.69) is 65.4 Å². The number of hydrogen-bond acceptors (Lipinski definition) is 2. The van der Waals surface area contributed by atoms with E-state index in [-0.39, 0.29) is 18.0 Å². The third kappa shape index (κ3) is 4.06. The molecule has 0 fully saturated rings. The summed E-state index contributed by atoms with van der Waals surface area (Å²) in [4.78, 5) is 14.7. The van der Waals surface area contributed by atoms with Crippen molar-refractivity contribution in [2.75, 3.05) is 10.2 Å². The monoisotopic (exact) mass is 400 g/mol. The zero-order valence-electron chi connectivity index (χ0n) is 14.8. The largest absolute Gasteiger partial charge is 0.378 e. The van der Waals surface area contributed by atoms with E-state index in [4.69, 9.17) is 0 Å². The summed E-state index contributed by atoms with van der Waals surface area (Å²) >= 11 is 3.48. The second kappa shape index (κ2) is 8.05. The van der Waals surface area contributed by atoms with Gasteiger partial charge in [-0.2, -0.15) is 0 Å². The normalized spacial score (nSPS) is 19.4. The molecule has 25 heavy (non-hydrogen) atoms. The first-order valence-electron chi connectivity index (χ1n) is 9.03. The first-order chi connectivity index (χ1) is 12.1. The SMILES string of the molecule is CCCCC(=O)N1c2ccccc2[C@H](Nc2ccc(Br)cc2)C[C@@H]1C. The number of unbranched alkanes of at least 4 members (excludes halogenated alkanes) is 1. The number of carbonyl (C=O) groups is 1. The van der Waals surface area contributed by atoms with Crippen molar-refractivity contribution in [1.82, 2.24) is 0 Å². The fourth-order valence-corrected chi connectivity index (χ4v) is 3.79. The molecule has 1 amide bonds. The Kier molecular flexibility index (Phi) is 5.79. The molecule has 0 radical (unpaired) electrons. The summed E-state index contributed by atoms with van der Waals surface area (Å²) in [6.07, 6.45) is 3.53. The molecular weight excluding hydrogens is 376 g/mol. The smallest absolute Gasteiger partial charge is 0.227 e. The minimum atomic E-state index is 0.187. The summed E-state index contributed by atoms with van der Waals surface area (Å²) in [5.74, 6) is 0.240. The van der Waals surface area contributed by atoms with Gasteiger partial charge in [-0.05, 0) is 55.7 Å². The molecule has 1 heterocycles. The highest BCUT2D eigenvalue weighted by molar-refractivity contribution is 9.10. The van der Waals surface area contributed by atoms with Crippen LogP contribution >= 0.6 is 15.9 Å². The van der Waals surface area contributed by atoms with Crippen molar-refractivity contribution in [1.29, 1.82) is 0 Å². The Morgan fingerprint density at radius 3 is 2.64 bits per heavy atom. The molecule has 1 aliphatic heterocycles. The summed E-state index contributed by atoms with van der Waals surface area (Å²) in [6.45, 7) is 4.27. The van der Waals surface area contributed by atoms with E-state index < -0.39 is 0 Å². The highest BCUT2D eigenvalue weighted by Gasteiger charge is 2.33. The van der Waals surface area contributed by atoms with E-state index in [1.165, 1.54) is 5.56 Å². The Morgan fingerprint density at radius 1 is 1.20 bits per heavy atom. The molecule has 2 aromatic rings. The number of fused-ring (bicyclic) bond motifs is 1. The maximum Gasteiger partial charge on any atom is 0.227 e. The average molecular weight is 401 g/mol. The molecule has 2 atom stereocenters. The number of rotatable bonds is 5. The lowest BCUT2D eigenvalue weighted by Gasteiger charge is -2.40. The number of hydrogen-bond donors (Lipinski definition) is 1. The van der Waals surface area contributed by atoms with E-state index in [1.807, 2.05) is 23.1 Å². The van der Waals surface area contributed by atoms with Crippen molar-refractivity contribution in [2.45, 2.75) is 51.6 Å². The van der Waals surface area contributed by atoms with E-state index in [0.717, 1.165) is 35.1 Å². The molecular formula is C21H25BrN2O. The van der Waals surface area contributed by atoms with Crippen molar-refractivity contribution >= 4 is 33.2 Å². The van der Waals surface area contributed by atoms with Crippen LogP contribution < -0.4 is 10.2 Å². The fraction of sp³-hybridized carbons (Fsp3) is 0.381. The number of nitrogens with zero attached hydrogens (tertiary/aromatic N) is 1. The zero-order chi connectivity index (χ0) is 17.8. The van der Waals surface area contributed by atoms with Gasteiger partial charge in [0.15, 0.2) is 0 Å². The summed E-state index contributed by atoms with van der Waals surface area (Å²) in [5.41, 5.74) is 3.35. The summed E-state index contributed by atoms with van der Waals surface area (Å²) < 4.78 is 1.07. The van der Waals surface area contributed by atoms with Gasteiger partial charge < -0.3 is 10.2 Å². The molecule has 0 saturated carbocycles. The van der Waals surface area contributed by atoms with Gasteiger partial charge in [0.05, 0.1) is 6.04 Å². The summed E-state index contributed by atoms with van der Waals surface area (Å²) in [6, 6.07) is 16.9. The van der Waals surface area contributed by atoms with Gasteiger partial charge in [0, 0.05) is 28.3 Å². The number of para-hydroxylation sites is 1. The standard InChI is InChI=1S/C21H25BrN2O/c1-3-4-9-21(25)24-15(2)14-19(18-7-5-6-8-20(18)24)23-17-12-10-16(22)11-13-17/h5-8,10-13,15,19,23H,3-4,9,14H2,1-2H3/t15-,19+/m0/s1. The Labute approximate surface area is 158 Å². The van der Waals surface area contributed by atoms with Crippen molar-refractivity contribution in [2.24, 2.45) is 0 Å². The van der Waals surface area contributed by atoms with Crippen molar-refractivity contribution < 1.29 is 4.79 Å². The minimum Gasteiger partial charge on any atom is -0.378 e. The first kappa shape index (κ1) is 18.0. The fourth-order valence-electron chi connectivity index (χ4n) is 3.53. The van der Waals surface area contributed by atoms with Gasteiger partial charge in [-0.1, -0.05) is 47.5 Å². The number of benzene rings is 2. The van der Waals surface area contributed by atoms with E-state index in [9.17, 15) is 4.79 Å². The van der Waals surface area contributed by atoms with Crippen LogP contribution in [-0.4, -0.2) is 11.9 Å². The molecule has 132 valence electrons. The van der Waals surface area contributed by atoms with Crippen molar-refractivity contribution in [3.05, 3.63) is 58.6 Å². The van der Waals surface area contributed by atoms with Crippen LogP contribution in [0, 0.1) is 0 Å². The van der Waals surface area contributed by atoms with Gasteiger partial charge >= 0.3 is 0 Å². The lowest BCUT2D eigenvalue weighted by molar-refractivity contribution is -0.119. The van der Waals surface area contributed by atoms with Gasteiger partial charge in [0.25, 0.3) is 0 Å². The molecule has 3 rings (SSSR count). The lowest BCUT2D eigenvalue weighted by Crippen LogP contribution is -2.44. The summed E-state index contributed by atoms with van der Waals surface area (Å²) in [7, 11) is 0. The highest BCUT2D eigenvalue weighted by atomic mass is 79.9. The molecule has 2 aromatic carbocycles. The topological polar surface area (TPSA) is 32.3 Å². The molecule has 1 N–H and O–H groups in total. The van der Waals surface area contributed by atoms with Gasteiger partial charge in [-0.3, -0.25) is 4.79 Å². The molecule has 0 bridgehead atoms. The first-order valence-corrected chi connectivity index (χ1v) is 9.82. The Morgan fingerprint density at radius 2 is 1.92 bits per heavy atom. The van der Waals surface area contributed by atoms with Crippen LogP contribution in [0.4, 0.5) is 11.4 Å². The second-order valence-electron chi connectivity index (χ2n) is 6.71. The van der Waals surface area contributed by atoms with Crippen LogP contribution in [0.5, 0.6) is 0 Å². The maximum absolute atomic E-state index is 12.7. The highest BCUT2D eigenvalue weighted by Crippen LogP contribution is 2.39. The average Bonchev–Trinajstić information content (AvgIpc) is 2.61. The number of anilines is 2. The van der Waals surface area contributed by atoms with Crippen molar-refractivity contribution in [3.8, 4) is 0 Å². The maximum atomic E-state index is 12.7. The molecule has 4 heteroatoms. The quantitative estimate of drug-likeness (QED) is 0.675. The second-order valence-corrected chi connectivity index (χ2v) is 7.63. The molecule has 0 spiro atoms. The minimum absolute atomic E-state index is 0.187. The van der Waals surface area contributed by atoms with Gasteiger partial charge in [-0.25, -0.2) is 0 Å². The molecule has 0 unspecified atom stereocenters. The molecule has 0 saturated heterocycles. The number of carbonyl (C=O) groups excluding carboxylic acids is 1. The predicted octanol–water partition coefficient (Wildman–Crippen LogP) is 5.92. The molecule has 0 aliphatic carbocycles. The number of amides is 1. The van der Waals surface area contributed by atoms with Gasteiger partial charge in [-0.15, -0.1) is 0 Å². The van der Waals surface area contributed by atoms with Crippen LogP contribution in [-0.2, 0) is 4.79 Å². The lowest BCUT2D eigenvalue weighted by atomic mass is 9.91. The number of halogens is 1. The molecule has 0 aromatic heterocycles. The third-order valence-corrected chi connectivity index (χ3v) is 5.32. The Hall–Kier alpha value is -1.81. The zero-order valence-corrected chi connectivity index (χ0v) is 16.4. The van der Waals surface area contributed by atoms with Crippen LogP contribution in [0.25, 0.3) is 0 Å². The third-order valence-electron chi connectivity index (χ3n) is 4.79. The van der Waals surface area contributed by atoms with Crippen LogP contribution in [0.3, 0.4) is 0 Å². The predicted molar refractivity (Wildman–Crippen MR) is 108 cm³/mol. The molecule has 1 aliphatic rings. The summed E-state index contributed by atoms with van der Waals surface area (Å²) in [5, 5.41) is 3.64. The molecule has 3 nitrogen and oxygen atoms in total. The number of nitrogens with one attached hydrogen (secondary N) is 1. The van der Waals surface area contributed by atoms with E-state index in [0.29, 0.717) is 6.42 Å². The van der Waals surface area contributed by atoms with Crippen LogP contribution in [0.2, 0.25) is 0 Å². The van der Waals surface area contributed by atoms with E-state index in [1.54, 1.807) is 0 Å². The Bertz CT molecular complexity index is 729.